The second-order valence-electron chi connectivity index (χ2n) is 3.81. The van der Waals surface area contributed by atoms with E-state index in [1.807, 2.05) is 19.1 Å². The summed E-state index contributed by atoms with van der Waals surface area (Å²) < 4.78 is 10.6. The van der Waals surface area contributed by atoms with Gasteiger partial charge in [-0.2, -0.15) is 0 Å². The van der Waals surface area contributed by atoms with E-state index in [1.54, 1.807) is 20.4 Å². The van der Waals surface area contributed by atoms with Crippen molar-refractivity contribution in [3.8, 4) is 11.5 Å². The van der Waals surface area contributed by atoms with Crippen molar-refractivity contribution in [1.82, 2.24) is 4.98 Å². The summed E-state index contributed by atoms with van der Waals surface area (Å²) in [6, 6.07) is 3.75. The number of methoxy groups -OCH3 is 2. The molecule has 3 N–H and O–H groups in total. The van der Waals surface area contributed by atoms with Crippen molar-refractivity contribution >= 4 is 22.3 Å². The quantitative estimate of drug-likeness (QED) is 0.811. The molecule has 0 saturated heterocycles. The Morgan fingerprint density at radius 3 is 2.67 bits per heavy atom. The van der Waals surface area contributed by atoms with Crippen molar-refractivity contribution in [2.45, 2.75) is 6.92 Å². The third-order valence-corrected chi connectivity index (χ3v) is 2.79. The van der Waals surface area contributed by atoms with E-state index < -0.39 is 0 Å². The number of ether oxygens (including phenoxy) is 2. The molecule has 2 aromatic rings. The summed E-state index contributed by atoms with van der Waals surface area (Å²) in [5.74, 6) is 1.95. The number of pyridine rings is 1. The molecule has 0 radical (unpaired) electrons. The predicted molar refractivity (Wildman–Crippen MR) is 73.4 cm³/mol. The lowest BCUT2D eigenvalue weighted by molar-refractivity contribution is 0.357. The van der Waals surface area contributed by atoms with Gasteiger partial charge in [0.2, 0.25) is 0 Å². The molecular weight excluding hydrogens is 230 g/mol. The lowest BCUT2D eigenvalue weighted by Gasteiger charge is -2.14. The van der Waals surface area contributed by atoms with E-state index in [2.05, 4.69) is 10.3 Å². The van der Waals surface area contributed by atoms with Crippen molar-refractivity contribution in [1.29, 1.82) is 0 Å². The molecule has 1 heterocycles. The smallest absolute Gasteiger partial charge is 0.184 e. The predicted octanol–water partition coefficient (Wildman–Crippen LogP) is 2.27. The molecule has 1 aromatic heterocycles. The first-order chi connectivity index (χ1) is 8.72. The van der Waals surface area contributed by atoms with Gasteiger partial charge in [-0.1, -0.05) is 0 Å². The van der Waals surface area contributed by atoms with Gasteiger partial charge in [0.1, 0.15) is 5.82 Å². The molecule has 5 heteroatoms. The van der Waals surface area contributed by atoms with Crippen molar-refractivity contribution in [3.63, 3.8) is 0 Å². The van der Waals surface area contributed by atoms with Crippen molar-refractivity contribution < 1.29 is 9.47 Å². The highest BCUT2D eigenvalue weighted by atomic mass is 16.5. The number of rotatable bonds is 4. The molecule has 2 rings (SSSR count). The largest absolute Gasteiger partial charge is 0.493 e. The number of fused-ring (bicyclic) bond motifs is 1. The Hall–Kier alpha value is -2.17. The second kappa shape index (κ2) is 5.00. The maximum absolute atomic E-state index is 6.11. The maximum Gasteiger partial charge on any atom is 0.184 e. The highest BCUT2D eigenvalue weighted by Gasteiger charge is 2.14. The highest BCUT2D eigenvalue weighted by molar-refractivity contribution is 6.03. The third-order valence-electron chi connectivity index (χ3n) is 2.79. The molecule has 96 valence electrons. The lowest BCUT2D eigenvalue weighted by Crippen LogP contribution is -2.02. The van der Waals surface area contributed by atoms with Gasteiger partial charge in [-0.15, -0.1) is 0 Å². The molecule has 18 heavy (non-hydrogen) atoms. The van der Waals surface area contributed by atoms with Gasteiger partial charge < -0.3 is 20.5 Å². The Labute approximate surface area is 106 Å². The Bertz CT molecular complexity index is 570. The highest BCUT2D eigenvalue weighted by Crippen LogP contribution is 2.41. The molecule has 0 saturated carbocycles. The van der Waals surface area contributed by atoms with Gasteiger partial charge in [0.15, 0.2) is 11.5 Å². The molecule has 0 unspecified atom stereocenters. The fraction of sp³-hybridized carbons (Fsp3) is 0.308. The summed E-state index contributed by atoms with van der Waals surface area (Å²) in [6.45, 7) is 2.81. The molecule has 0 aliphatic rings. The van der Waals surface area contributed by atoms with Crippen molar-refractivity contribution in [2.24, 2.45) is 0 Å². The topological polar surface area (TPSA) is 69.4 Å². The number of benzene rings is 1. The van der Waals surface area contributed by atoms with E-state index in [0.717, 1.165) is 23.1 Å². The van der Waals surface area contributed by atoms with Crippen LogP contribution in [0.4, 0.5) is 11.5 Å². The van der Waals surface area contributed by atoms with Crippen molar-refractivity contribution in [2.75, 3.05) is 31.8 Å². The maximum atomic E-state index is 6.11. The minimum absolute atomic E-state index is 0.554. The number of hydrogen-bond donors (Lipinski definition) is 2. The standard InChI is InChI=1S/C13H17N3O2/c1-4-15-13-9-7-10(17-2)12(18-3)11(14)8(9)5-6-16-13/h5-7H,4,14H2,1-3H3,(H,15,16). The van der Waals surface area contributed by atoms with E-state index in [-0.39, 0.29) is 0 Å². The van der Waals surface area contributed by atoms with Gasteiger partial charge in [0, 0.05) is 23.5 Å². The zero-order valence-corrected chi connectivity index (χ0v) is 10.8. The molecular formula is C13H17N3O2. The van der Waals surface area contributed by atoms with Gasteiger partial charge in [0.25, 0.3) is 0 Å². The normalized spacial score (nSPS) is 10.4. The summed E-state index contributed by atoms with van der Waals surface area (Å²) in [4.78, 5) is 4.31. The van der Waals surface area contributed by atoms with Gasteiger partial charge in [-0.25, -0.2) is 4.98 Å². The molecule has 0 atom stereocenters. The van der Waals surface area contributed by atoms with Crippen LogP contribution in [0.5, 0.6) is 11.5 Å². The summed E-state index contributed by atoms with van der Waals surface area (Å²) in [7, 11) is 3.17. The summed E-state index contributed by atoms with van der Waals surface area (Å²) in [6.07, 6.45) is 1.72. The number of anilines is 2. The van der Waals surface area contributed by atoms with Gasteiger partial charge in [-0.05, 0) is 19.1 Å². The summed E-state index contributed by atoms with van der Waals surface area (Å²) in [5.41, 5.74) is 6.67. The minimum atomic E-state index is 0.554. The minimum Gasteiger partial charge on any atom is -0.493 e. The van der Waals surface area contributed by atoms with Crippen LogP contribution in [-0.4, -0.2) is 25.7 Å². The molecule has 0 bridgehead atoms. The monoisotopic (exact) mass is 247 g/mol. The summed E-state index contributed by atoms with van der Waals surface area (Å²) in [5, 5.41) is 5.03. The molecule has 0 aliphatic carbocycles. The lowest BCUT2D eigenvalue weighted by atomic mass is 10.1. The number of aromatic nitrogens is 1. The van der Waals surface area contributed by atoms with E-state index in [0.29, 0.717) is 17.2 Å². The molecule has 1 aromatic carbocycles. The van der Waals surface area contributed by atoms with Crippen LogP contribution in [0.3, 0.4) is 0 Å². The second-order valence-corrected chi connectivity index (χ2v) is 3.81. The first-order valence-electron chi connectivity index (χ1n) is 5.76. The van der Waals surface area contributed by atoms with Gasteiger partial charge in [0.05, 0.1) is 19.9 Å². The number of nitrogens with two attached hydrogens (primary N) is 1. The first-order valence-corrected chi connectivity index (χ1v) is 5.76. The van der Waals surface area contributed by atoms with Crippen LogP contribution in [0.15, 0.2) is 18.3 Å². The van der Waals surface area contributed by atoms with E-state index >= 15 is 0 Å². The number of nitrogen functional groups attached to an aromatic ring is 1. The molecule has 0 fully saturated rings. The Morgan fingerprint density at radius 1 is 1.28 bits per heavy atom. The number of nitrogens with zero attached hydrogens (tertiary/aromatic N) is 1. The van der Waals surface area contributed by atoms with Crippen LogP contribution in [0.25, 0.3) is 10.8 Å². The van der Waals surface area contributed by atoms with Crippen LogP contribution >= 0.6 is 0 Å². The Balaban J connectivity index is 2.76. The van der Waals surface area contributed by atoms with Crippen LogP contribution in [0.1, 0.15) is 6.92 Å². The first kappa shape index (κ1) is 12.3. The van der Waals surface area contributed by atoms with E-state index in [4.69, 9.17) is 15.2 Å². The SMILES string of the molecule is CCNc1nccc2c(N)c(OC)c(OC)cc12. The van der Waals surface area contributed by atoms with Crippen LogP contribution in [0, 0.1) is 0 Å². The van der Waals surface area contributed by atoms with Crippen LogP contribution in [-0.2, 0) is 0 Å². The average molecular weight is 247 g/mol. The molecule has 5 nitrogen and oxygen atoms in total. The molecule has 0 spiro atoms. The molecule has 0 amide bonds. The van der Waals surface area contributed by atoms with Gasteiger partial charge >= 0.3 is 0 Å². The van der Waals surface area contributed by atoms with Crippen LogP contribution < -0.4 is 20.5 Å². The van der Waals surface area contributed by atoms with E-state index in [1.165, 1.54) is 0 Å². The van der Waals surface area contributed by atoms with Crippen LogP contribution in [0.2, 0.25) is 0 Å². The number of nitrogens with one attached hydrogen (secondary N) is 1. The number of hydrogen-bond acceptors (Lipinski definition) is 5. The average Bonchev–Trinajstić information content (AvgIpc) is 2.39. The van der Waals surface area contributed by atoms with Crippen molar-refractivity contribution in [3.05, 3.63) is 18.3 Å². The van der Waals surface area contributed by atoms with Gasteiger partial charge in [-0.3, -0.25) is 0 Å². The fourth-order valence-corrected chi connectivity index (χ4v) is 1.98. The Morgan fingerprint density at radius 2 is 2.06 bits per heavy atom. The Kier molecular flexibility index (Phi) is 3.41. The zero-order chi connectivity index (χ0) is 13.1. The fourth-order valence-electron chi connectivity index (χ4n) is 1.98. The zero-order valence-electron chi connectivity index (χ0n) is 10.8. The summed E-state index contributed by atoms with van der Waals surface area (Å²) >= 11 is 0. The van der Waals surface area contributed by atoms with E-state index in [9.17, 15) is 0 Å². The third kappa shape index (κ3) is 1.88. The molecule has 0 aliphatic heterocycles.